The molecule has 1 amide bonds. The molecule has 0 radical (unpaired) electrons. The van der Waals surface area contributed by atoms with Gasteiger partial charge in [-0.3, -0.25) is 9.59 Å². The van der Waals surface area contributed by atoms with E-state index in [2.05, 4.69) is 41.4 Å². The summed E-state index contributed by atoms with van der Waals surface area (Å²) in [4.78, 5) is 27.0. The van der Waals surface area contributed by atoms with Gasteiger partial charge in [0.25, 0.3) is 0 Å². The highest BCUT2D eigenvalue weighted by atomic mass is 16.4. The summed E-state index contributed by atoms with van der Waals surface area (Å²) in [5.41, 5.74) is 5.95. The number of aromatic amines is 1. The van der Waals surface area contributed by atoms with Crippen molar-refractivity contribution in [1.82, 2.24) is 14.8 Å². The molecule has 3 N–H and O–H groups in total. The average Bonchev–Trinajstić information content (AvgIpc) is 3.06. The Morgan fingerprint density at radius 1 is 1.35 bits per heavy atom. The molecule has 0 aliphatic carbocycles. The van der Waals surface area contributed by atoms with Crippen LogP contribution >= 0.6 is 0 Å². The molecule has 0 unspecified atom stereocenters. The lowest BCUT2D eigenvalue weighted by Crippen LogP contribution is -2.26. The maximum absolute atomic E-state index is 12.3. The second-order valence-electron chi connectivity index (χ2n) is 6.87. The highest BCUT2D eigenvalue weighted by Gasteiger charge is 2.34. The molecule has 1 aliphatic rings. The number of hydrogen-bond acceptors (Lipinski definition) is 3. The number of fused-ring (bicyclic) bond motifs is 2. The van der Waals surface area contributed by atoms with Crippen molar-refractivity contribution in [2.75, 3.05) is 5.32 Å². The Morgan fingerprint density at radius 3 is 2.81 bits per heavy atom. The Bertz CT molecular complexity index is 1060. The van der Waals surface area contributed by atoms with Gasteiger partial charge in [0.1, 0.15) is 12.4 Å². The Hall–Kier alpha value is -3.09. The molecule has 1 atom stereocenters. The van der Waals surface area contributed by atoms with E-state index in [9.17, 15) is 9.59 Å². The maximum atomic E-state index is 12.3. The summed E-state index contributed by atoms with van der Waals surface area (Å²) in [5, 5.41) is 17.4. The van der Waals surface area contributed by atoms with Crippen molar-refractivity contribution in [2.24, 2.45) is 0 Å². The summed E-state index contributed by atoms with van der Waals surface area (Å²) >= 11 is 0. The summed E-state index contributed by atoms with van der Waals surface area (Å²) in [7, 11) is 0. The van der Waals surface area contributed by atoms with Gasteiger partial charge >= 0.3 is 5.97 Å². The van der Waals surface area contributed by atoms with E-state index < -0.39 is 5.97 Å². The molecule has 0 fully saturated rings. The van der Waals surface area contributed by atoms with Crippen LogP contribution in [0.2, 0.25) is 0 Å². The average molecular weight is 352 g/mol. The summed E-state index contributed by atoms with van der Waals surface area (Å²) in [5.74, 6) is -0.818. The van der Waals surface area contributed by atoms with Crippen LogP contribution in [0.1, 0.15) is 40.4 Å². The molecule has 7 heteroatoms. The normalized spacial score (nSPS) is 16.6. The molecule has 0 bridgehead atoms. The molecule has 7 nitrogen and oxygen atoms in total. The Kier molecular flexibility index (Phi) is 3.61. The minimum atomic E-state index is -0.996. The summed E-state index contributed by atoms with van der Waals surface area (Å²) in [6.07, 6.45) is 0.305. The lowest BCUT2D eigenvalue weighted by atomic mass is 9.87. The first-order chi connectivity index (χ1) is 12.4. The predicted octanol–water partition coefficient (Wildman–Crippen LogP) is 2.85. The van der Waals surface area contributed by atoms with Crippen molar-refractivity contribution in [2.45, 2.75) is 39.7 Å². The summed E-state index contributed by atoms with van der Waals surface area (Å²) in [6, 6.07) is 6.15. The lowest BCUT2D eigenvalue weighted by molar-refractivity contribution is -0.137. The van der Waals surface area contributed by atoms with Gasteiger partial charge < -0.3 is 15.4 Å². The summed E-state index contributed by atoms with van der Waals surface area (Å²) < 4.78 is 1.36. The van der Waals surface area contributed by atoms with Crippen LogP contribution in [-0.4, -0.2) is 31.7 Å². The van der Waals surface area contributed by atoms with Gasteiger partial charge in [0, 0.05) is 34.5 Å². The topological polar surface area (TPSA) is 100 Å². The number of carboxylic acids is 1. The Labute approximate surface area is 150 Å². The van der Waals surface area contributed by atoms with Gasteiger partial charge in [-0.2, -0.15) is 5.10 Å². The molecular formula is C19H20N4O3. The maximum Gasteiger partial charge on any atom is 0.325 e. The fraction of sp³-hybridized carbons (Fsp3) is 0.316. The second-order valence-corrected chi connectivity index (χ2v) is 6.87. The number of aryl methyl sites for hydroxylation is 3. The second kappa shape index (κ2) is 5.72. The number of rotatable bonds is 3. The number of aliphatic carboxylic acids is 1. The third-order valence-corrected chi connectivity index (χ3v) is 5.14. The first kappa shape index (κ1) is 16.4. The molecule has 1 aliphatic heterocycles. The number of amides is 1. The fourth-order valence-electron chi connectivity index (χ4n) is 3.97. The van der Waals surface area contributed by atoms with Crippen LogP contribution in [0.3, 0.4) is 0 Å². The first-order valence-electron chi connectivity index (χ1n) is 8.53. The van der Waals surface area contributed by atoms with E-state index in [0.717, 1.165) is 39.0 Å². The highest BCUT2D eigenvalue weighted by Crippen LogP contribution is 2.41. The van der Waals surface area contributed by atoms with E-state index in [1.807, 2.05) is 13.0 Å². The zero-order valence-electron chi connectivity index (χ0n) is 14.9. The van der Waals surface area contributed by atoms with Crippen LogP contribution in [0.15, 0.2) is 18.2 Å². The molecular weight excluding hydrogens is 332 g/mol. The number of carbonyl (C=O) groups excluding carboxylic acids is 1. The Morgan fingerprint density at radius 2 is 2.12 bits per heavy atom. The van der Waals surface area contributed by atoms with Crippen LogP contribution < -0.4 is 5.32 Å². The summed E-state index contributed by atoms with van der Waals surface area (Å²) in [6.45, 7) is 5.67. The van der Waals surface area contributed by atoms with Gasteiger partial charge in [-0.05, 0) is 31.9 Å². The molecule has 134 valence electrons. The standard InChI is InChI=1S/C19H20N4O3/c1-9-5-4-6-12-10(2)18(21-17(9)12)13-7-14(24)20-19-16(13)11(3)22-23(19)8-15(25)26/h4-6,13,21H,7-8H2,1-3H3,(H,20,24)(H,25,26)/t13-/m0/s1. The van der Waals surface area contributed by atoms with Gasteiger partial charge in [-0.25, -0.2) is 4.68 Å². The smallest absolute Gasteiger partial charge is 0.325 e. The number of nitrogens with zero attached hydrogens (tertiary/aromatic N) is 2. The molecule has 0 saturated heterocycles. The number of nitrogens with one attached hydrogen (secondary N) is 2. The Balaban J connectivity index is 1.91. The van der Waals surface area contributed by atoms with Crippen molar-refractivity contribution in [1.29, 1.82) is 0 Å². The number of aromatic nitrogens is 3. The monoisotopic (exact) mass is 352 g/mol. The number of hydrogen-bond donors (Lipinski definition) is 3. The van der Waals surface area contributed by atoms with E-state index >= 15 is 0 Å². The predicted molar refractivity (Wildman–Crippen MR) is 97.5 cm³/mol. The minimum absolute atomic E-state index is 0.135. The molecule has 26 heavy (non-hydrogen) atoms. The number of carboxylic acid groups (broad SMARTS) is 1. The number of benzene rings is 1. The van der Waals surface area contributed by atoms with Crippen LogP contribution in [0.5, 0.6) is 0 Å². The first-order valence-corrected chi connectivity index (χ1v) is 8.53. The van der Waals surface area contributed by atoms with Gasteiger partial charge in [0.15, 0.2) is 0 Å². The molecule has 2 aromatic heterocycles. The van der Waals surface area contributed by atoms with Crippen LogP contribution in [0.4, 0.5) is 5.82 Å². The van der Waals surface area contributed by atoms with Crippen molar-refractivity contribution >= 4 is 28.6 Å². The molecule has 1 aromatic carbocycles. The van der Waals surface area contributed by atoms with Gasteiger partial charge in [-0.15, -0.1) is 0 Å². The van der Waals surface area contributed by atoms with Crippen LogP contribution in [0, 0.1) is 20.8 Å². The van der Waals surface area contributed by atoms with E-state index in [-0.39, 0.29) is 18.4 Å². The number of anilines is 1. The third-order valence-electron chi connectivity index (χ3n) is 5.14. The van der Waals surface area contributed by atoms with Crippen LogP contribution in [0.25, 0.3) is 10.9 Å². The van der Waals surface area contributed by atoms with Crippen molar-refractivity contribution in [3.63, 3.8) is 0 Å². The van der Waals surface area contributed by atoms with E-state index in [4.69, 9.17) is 5.11 Å². The highest BCUT2D eigenvalue weighted by molar-refractivity contribution is 5.95. The number of carbonyl (C=O) groups is 2. The zero-order valence-corrected chi connectivity index (χ0v) is 14.9. The van der Waals surface area contributed by atoms with Crippen molar-refractivity contribution in [3.8, 4) is 0 Å². The minimum Gasteiger partial charge on any atom is -0.480 e. The fourth-order valence-corrected chi connectivity index (χ4v) is 3.97. The largest absolute Gasteiger partial charge is 0.480 e. The van der Waals surface area contributed by atoms with E-state index in [1.54, 1.807) is 0 Å². The van der Waals surface area contributed by atoms with Gasteiger partial charge in [-0.1, -0.05) is 18.2 Å². The van der Waals surface area contributed by atoms with E-state index in [0.29, 0.717) is 12.2 Å². The molecule has 3 heterocycles. The quantitative estimate of drug-likeness (QED) is 0.675. The van der Waals surface area contributed by atoms with E-state index in [1.165, 1.54) is 4.68 Å². The molecule has 0 saturated carbocycles. The number of para-hydroxylation sites is 1. The van der Waals surface area contributed by atoms with Gasteiger partial charge in [0.2, 0.25) is 5.91 Å². The van der Waals surface area contributed by atoms with Crippen molar-refractivity contribution < 1.29 is 14.7 Å². The molecule has 3 aromatic rings. The SMILES string of the molecule is Cc1nn(CC(=O)O)c2c1[C@@H](c1[nH]c3c(C)cccc3c1C)CC(=O)N2. The third kappa shape index (κ3) is 2.39. The zero-order chi connectivity index (χ0) is 18.6. The molecule has 0 spiro atoms. The van der Waals surface area contributed by atoms with Gasteiger partial charge in [0.05, 0.1) is 5.69 Å². The molecule has 4 rings (SSSR count). The van der Waals surface area contributed by atoms with Crippen LogP contribution in [-0.2, 0) is 16.1 Å². The lowest BCUT2D eigenvalue weighted by Gasteiger charge is -2.24. The van der Waals surface area contributed by atoms with Crippen molar-refractivity contribution in [3.05, 3.63) is 46.3 Å². The number of H-pyrrole nitrogens is 1.